The van der Waals surface area contributed by atoms with Gasteiger partial charge in [0.2, 0.25) is 0 Å². The summed E-state index contributed by atoms with van der Waals surface area (Å²) in [5.41, 5.74) is 0. The van der Waals surface area contributed by atoms with Crippen molar-refractivity contribution in [3.8, 4) is 0 Å². The molecule has 0 fully saturated rings. The van der Waals surface area contributed by atoms with Crippen molar-refractivity contribution in [2.45, 2.75) is 13.8 Å². The zero-order valence-corrected chi connectivity index (χ0v) is 8.10. The average Bonchev–Trinajstić information content (AvgIpc) is 1.90. The van der Waals surface area contributed by atoms with E-state index in [1.165, 1.54) is 4.24 Å². The Morgan fingerprint density at radius 3 is 2.10 bits per heavy atom. The molecule has 0 rings (SSSR count). The summed E-state index contributed by atoms with van der Waals surface area (Å²) in [6.45, 7) is 4.40. The van der Waals surface area contributed by atoms with Gasteiger partial charge in [0.15, 0.2) is 0 Å². The highest BCUT2D eigenvalue weighted by molar-refractivity contribution is 8.22. The van der Waals surface area contributed by atoms with Gasteiger partial charge in [-0.3, -0.25) is 0 Å². The van der Waals surface area contributed by atoms with Gasteiger partial charge in [0.05, 0.1) is 6.61 Å². The fourth-order valence-corrected chi connectivity index (χ4v) is 2.51. The maximum Gasteiger partial charge on any atom is 0.0631 e. The molecular formula is C7H14OS2. The van der Waals surface area contributed by atoms with Gasteiger partial charge in [-0.05, 0) is 17.6 Å². The molecule has 0 aromatic carbocycles. The molecule has 0 radical (unpaired) electrons. The second kappa shape index (κ2) is 7.51. The van der Waals surface area contributed by atoms with E-state index in [2.05, 4.69) is 13.8 Å². The number of hydrogen-bond acceptors (Lipinski definition) is 3. The first-order chi connectivity index (χ1) is 4.85. The summed E-state index contributed by atoms with van der Waals surface area (Å²) in [6, 6.07) is 0. The van der Waals surface area contributed by atoms with Crippen LogP contribution in [0, 0.1) is 0 Å². The first-order valence-electron chi connectivity index (χ1n) is 3.41. The lowest BCUT2D eigenvalue weighted by atomic mass is 10.7. The summed E-state index contributed by atoms with van der Waals surface area (Å²) < 4.78 is 1.24. The zero-order valence-electron chi connectivity index (χ0n) is 6.46. The smallest absolute Gasteiger partial charge is 0.0631 e. The third-order valence-corrected chi connectivity index (χ3v) is 3.02. The van der Waals surface area contributed by atoms with Crippen LogP contribution < -0.4 is 0 Å². The Kier molecular flexibility index (Phi) is 7.81. The zero-order chi connectivity index (χ0) is 7.82. The molecule has 0 saturated carbocycles. The second-order valence-electron chi connectivity index (χ2n) is 1.57. The molecular weight excluding hydrogens is 164 g/mol. The molecule has 1 nitrogen and oxygen atoms in total. The highest BCUT2D eigenvalue weighted by atomic mass is 32.2. The topological polar surface area (TPSA) is 20.2 Å². The molecule has 0 aliphatic carbocycles. The molecule has 0 aliphatic heterocycles. The van der Waals surface area contributed by atoms with Gasteiger partial charge in [0.25, 0.3) is 0 Å². The fraction of sp³-hybridized carbons (Fsp3) is 0.714. The first-order valence-corrected chi connectivity index (χ1v) is 5.38. The Morgan fingerprint density at radius 1 is 1.30 bits per heavy atom. The molecule has 0 saturated heterocycles. The molecule has 0 bridgehead atoms. The van der Waals surface area contributed by atoms with Crippen molar-refractivity contribution in [1.29, 1.82) is 0 Å². The Balaban J connectivity index is 3.60. The maximum absolute atomic E-state index is 8.59. The van der Waals surface area contributed by atoms with E-state index >= 15 is 0 Å². The lowest BCUT2D eigenvalue weighted by molar-refractivity contribution is 0.343. The van der Waals surface area contributed by atoms with Crippen LogP contribution in [0.4, 0.5) is 0 Å². The Bertz CT molecular complexity index is 93.8. The van der Waals surface area contributed by atoms with Crippen LogP contribution in [0.1, 0.15) is 13.8 Å². The van der Waals surface area contributed by atoms with Crippen molar-refractivity contribution < 1.29 is 5.11 Å². The molecule has 0 spiro atoms. The number of aliphatic hydroxyl groups excluding tert-OH is 1. The van der Waals surface area contributed by atoms with E-state index in [0.717, 1.165) is 11.5 Å². The number of aliphatic hydroxyl groups is 1. The third kappa shape index (κ3) is 5.21. The second-order valence-corrected chi connectivity index (χ2v) is 4.44. The molecule has 0 aliphatic rings. The minimum absolute atomic E-state index is 0.162. The van der Waals surface area contributed by atoms with Crippen LogP contribution in [0.25, 0.3) is 0 Å². The van der Waals surface area contributed by atoms with Gasteiger partial charge in [-0.2, -0.15) is 0 Å². The van der Waals surface area contributed by atoms with Crippen molar-refractivity contribution in [3.63, 3.8) is 0 Å². The van der Waals surface area contributed by atoms with E-state index in [0.29, 0.717) is 0 Å². The van der Waals surface area contributed by atoms with Crippen molar-refractivity contribution in [2.24, 2.45) is 0 Å². The predicted octanol–water partition coefficient (Wildman–Crippen LogP) is 2.33. The van der Waals surface area contributed by atoms with Crippen LogP contribution in [-0.4, -0.2) is 23.2 Å². The van der Waals surface area contributed by atoms with Crippen LogP contribution in [0.3, 0.4) is 0 Å². The van der Waals surface area contributed by atoms with Crippen molar-refractivity contribution in [3.05, 3.63) is 10.3 Å². The van der Waals surface area contributed by atoms with Crippen molar-refractivity contribution in [1.82, 2.24) is 0 Å². The monoisotopic (exact) mass is 178 g/mol. The Labute approximate surface area is 71.3 Å². The van der Waals surface area contributed by atoms with Gasteiger partial charge in [-0.15, -0.1) is 23.5 Å². The van der Waals surface area contributed by atoms with Crippen LogP contribution in [-0.2, 0) is 0 Å². The van der Waals surface area contributed by atoms with E-state index in [9.17, 15) is 0 Å². The van der Waals surface area contributed by atoms with Crippen molar-refractivity contribution in [2.75, 3.05) is 18.1 Å². The molecule has 0 atom stereocenters. The lowest BCUT2D eigenvalue weighted by Crippen LogP contribution is -1.78. The van der Waals surface area contributed by atoms with Gasteiger partial charge in [0, 0.05) is 4.24 Å². The summed E-state index contributed by atoms with van der Waals surface area (Å²) in [5, 5.41) is 8.59. The van der Waals surface area contributed by atoms with Gasteiger partial charge in [-0.25, -0.2) is 0 Å². The molecule has 0 unspecified atom stereocenters. The van der Waals surface area contributed by atoms with E-state index in [4.69, 9.17) is 5.11 Å². The molecule has 1 N–H and O–H groups in total. The molecule has 0 amide bonds. The predicted molar refractivity (Wildman–Crippen MR) is 51.4 cm³/mol. The van der Waals surface area contributed by atoms with E-state index in [1.54, 1.807) is 23.5 Å². The molecule has 60 valence electrons. The minimum atomic E-state index is 0.162. The SMILES string of the molecule is CCSC(=CCO)SCC. The van der Waals surface area contributed by atoms with Crippen LogP contribution in [0.5, 0.6) is 0 Å². The molecule has 0 aromatic rings. The van der Waals surface area contributed by atoms with E-state index in [1.807, 2.05) is 6.08 Å². The van der Waals surface area contributed by atoms with Crippen LogP contribution in [0.2, 0.25) is 0 Å². The maximum atomic E-state index is 8.59. The quantitative estimate of drug-likeness (QED) is 0.697. The summed E-state index contributed by atoms with van der Waals surface area (Å²) in [7, 11) is 0. The molecule has 0 heterocycles. The normalized spacial score (nSPS) is 9.50. The van der Waals surface area contributed by atoms with Crippen LogP contribution in [0.15, 0.2) is 10.3 Å². The van der Waals surface area contributed by atoms with Gasteiger partial charge in [-0.1, -0.05) is 13.8 Å². The minimum Gasteiger partial charge on any atom is -0.392 e. The summed E-state index contributed by atoms with van der Waals surface area (Å²) in [4.78, 5) is 0. The lowest BCUT2D eigenvalue weighted by Gasteiger charge is -2.00. The van der Waals surface area contributed by atoms with Gasteiger partial charge >= 0.3 is 0 Å². The Hall–Kier alpha value is 0.400. The third-order valence-electron chi connectivity index (χ3n) is 0.831. The first kappa shape index (κ1) is 10.4. The molecule has 10 heavy (non-hydrogen) atoms. The fourth-order valence-electron chi connectivity index (χ4n) is 0.519. The standard InChI is InChI=1S/C7H14OS2/c1-3-9-7(5-6-8)10-4-2/h5,8H,3-4,6H2,1-2H3. The Morgan fingerprint density at radius 2 is 1.80 bits per heavy atom. The molecule has 3 heteroatoms. The van der Waals surface area contributed by atoms with Crippen molar-refractivity contribution >= 4 is 23.5 Å². The summed E-state index contributed by atoms with van der Waals surface area (Å²) in [5.74, 6) is 2.16. The summed E-state index contributed by atoms with van der Waals surface area (Å²) in [6.07, 6.45) is 1.86. The van der Waals surface area contributed by atoms with E-state index < -0.39 is 0 Å². The number of rotatable bonds is 5. The number of thioether (sulfide) groups is 2. The molecule has 0 aromatic heterocycles. The largest absolute Gasteiger partial charge is 0.392 e. The van der Waals surface area contributed by atoms with E-state index in [-0.39, 0.29) is 6.61 Å². The van der Waals surface area contributed by atoms with Gasteiger partial charge in [0.1, 0.15) is 0 Å². The number of hydrogen-bond donors (Lipinski definition) is 1. The van der Waals surface area contributed by atoms with Crippen LogP contribution >= 0.6 is 23.5 Å². The average molecular weight is 178 g/mol. The highest BCUT2D eigenvalue weighted by Crippen LogP contribution is 2.27. The summed E-state index contributed by atoms with van der Waals surface area (Å²) >= 11 is 3.58. The van der Waals surface area contributed by atoms with Gasteiger partial charge < -0.3 is 5.11 Å². The highest BCUT2D eigenvalue weighted by Gasteiger charge is 1.93.